The van der Waals surface area contributed by atoms with Crippen LogP contribution < -0.4 is 14.5 Å². The van der Waals surface area contributed by atoms with Crippen LogP contribution in [-0.2, 0) is 6.61 Å². The van der Waals surface area contributed by atoms with Crippen LogP contribution in [-0.4, -0.2) is 24.8 Å². The SMILES string of the molecule is C=NN(C)c1cc(Oc2ccc(OCc3ccccc3)cc2)c(C(=O)O)cc1C. The van der Waals surface area contributed by atoms with E-state index in [9.17, 15) is 9.90 Å². The van der Waals surface area contributed by atoms with E-state index in [1.54, 1.807) is 48.5 Å². The first-order valence-corrected chi connectivity index (χ1v) is 9.01. The molecule has 3 aromatic rings. The quantitative estimate of drug-likeness (QED) is 0.427. The van der Waals surface area contributed by atoms with E-state index in [4.69, 9.17) is 9.47 Å². The Morgan fingerprint density at radius 3 is 2.34 bits per heavy atom. The molecule has 29 heavy (non-hydrogen) atoms. The Morgan fingerprint density at radius 1 is 1.07 bits per heavy atom. The zero-order valence-corrected chi connectivity index (χ0v) is 16.3. The summed E-state index contributed by atoms with van der Waals surface area (Å²) >= 11 is 0. The molecule has 0 aliphatic rings. The lowest BCUT2D eigenvalue weighted by Crippen LogP contribution is -2.11. The smallest absolute Gasteiger partial charge is 0.339 e. The number of aromatic carboxylic acids is 1. The van der Waals surface area contributed by atoms with Crippen molar-refractivity contribution in [3.8, 4) is 17.2 Å². The molecule has 3 aromatic carbocycles. The molecular weight excluding hydrogens is 368 g/mol. The molecule has 0 amide bonds. The molecule has 0 saturated carbocycles. The molecule has 6 heteroatoms. The number of carboxylic acid groups (broad SMARTS) is 1. The van der Waals surface area contributed by atoms with Crippen molar-refractivity contribution in [2.75, 3.05) is 12.1 Å². The van der Waals surface area contributed by atoms with E-state index in [1.807, 2.05) is 37.3 Å². The van der Waals surface area contributed by atoms with E-state index < -0.39 is 5.97 Å². The van der Waals surface area contributed by atoms with Crippen LogP contribution in [0.3, 0.4) is 0 Å². The largest absolute Gasteiger partial charge is 0.489 e. The molecule has 1 N–H and O–H groups in total. The number of benzene rings is 3. The van der Waals surface area contributed by atoms with Gasteiger partial charge >= 0.3 is 5.97 Å². The number of hydrogen-bond acceptors (Lipinski definition) is 5. The van der Waals surface area contributed by atoms with Crippen LogP contribution >= 0.6 is 0 Å². The van der Waals surface area contributed by atoms with Crippen molar-refractivity contribution < 1.29 is 19.4 Å². The van der Waals surface area contributed by atoms with Crippen LogP contribution in [0.15, 0.2) is 71.8 Å². The minimum Gasteiger partial charge on any atom is -0.489 e. The molecule has 0 heterocycles. The average Bonchev–Trinajstić information content (AvgIpc) is 2.74. The number of nitrogens with zero attached hydrogens (tertiary/aromatic N) is 2. The van der Waals surface area contributed by atoms with Gasteiger partial charge in [-0.3, -0.25) is 5.01 Å². The lowest BCUT2D eigenvalue weighted by molar-refractivity contribution is 0.0694. The molecule has 0 aromatic heterocycles. The number of ether oxygens (including phenoxy) is 2. The Labute approximate surface area is 169 Å². The minimum absolute atomic E-state index is 0.0770. The third kappa shape index (κ3) is 4.93. The molecule has 3 rings (SSSR count). The van der Waals surface area contributed by atoms with Gasteiger partial charge in [-0.05, 0) is 48.4 Å². The fraction of sp³-hybridized carbons (Fsp3) is 0.130. The summed E-state index contributed by atoms with van der Waals surface area (Å²) in [6, 6.07) is 20.1. The number of anilines is 1. The van der Waals surface area contributed by atoms with Crippen LogP contribution in [0.5, 0.6) is 17.2 Å². The number of aryl methyl sites for hydroxylation is 1. The van der Waals surface area contributed by atoms with Crippen molar-refractivity contribution in [1.82, 2.24) is 0 Å². The Kier molecular flexibility index (Phi) is 6.14. The Bertz CT molecular complexity index is 1000. The maximum Gasteiger partial charge on any atom is 0.339 e. The van der Waals surface area contributed by atoms with E-state index in [0.29, 0.717) is 23.8 Å². The fourth-order valence-electron chi connectivity index (χ4n) is 2.83. The Hall–Kier alpha value is -3.80. The predicted molar refractivity (Wildman–Crippen MR) is 113 cm³/mol. The van der Waals surface area contributed by atoms with Crippen LogP contribution in [0.4, 0.5) is 5.69 Å². The van der Waals surface area contributed by atoms with Crippen molar-refractivity contribution in [2.45, 2.75) is 13.5 Å². The average molecular weight is 390 g/mol. The molecule has 0 bridgehead atoms. The van der Waals surface area contributed by atoms with Crippen molar-refractivity contribution >= 4 is 18.4 Å². The normalized spacial score (nSPS) is 10.3. The molecule has 0 saturated heterocycles. The van der Waals surface area contributed by atoms with Gasteiger partial charge in [-0.15, -0.1) is 0 Å². The van der Waals surface area contributed by atoms with Crippen LogP contribution in [0.25, 0.3) is 0 Å². The monoisotopic (exact) mass is 390 g/mol. The highest BCUT2D eigenvalue weighted by molar-refractivity contribution is 5.92. The maximum atomic E-state index is 11.6. The predicted octanol–water partition coefficient (Wildman–Crippen LogP) is 5.12. The van der Waals surface area contributed by atoms with E-state index in [2.05, 4.69) is 11.8 Å². The van der Waals surface area contributed by atoms with E-state index >= 15 is 0 Å². The van der Waals surface area contributed by atoms with Crippen LogP contribution in [0.2, 0.25) is 0 Å². The summed E-state index contributed by atoms with van der Waals surface area (Å²) in [7, 11) is 1.73. The van der Waals surface area contributed by atoms with Gasteiger partial charge in [0.1, 0.15) is 29.4 Å². The highest BCUT2D eigenvalue weighted by atomic mass is 16.5. The van der Waals surface area contributed by atoms with E-state index in [0.717, 1.165) is 11.1 Å². The molecule has 0 aliphatic carbocycles. The minimum atomic E-state index is -1.06. The van der Waals surface area contributed by atoms with Crippen molar-refractivity contribution in [3.05, 3.63) is 83.4 Å². The van der Waals surface area contributed by atoms with E-state index in [1.165, 1.54) is 0 Å². The maximum absolute atomic E-state index is 11.6. The topological polar surface area (TPSA) is 71.4 Å². The highest BCUT2D eigenvalue weighted by Crippen LogP contribution is 2.33. The summed E-state index contributed by atoms with van der Waals surface area (Å²) in [6.07, 6.45) is 0. The van der Waals surface area contributed by atoms with Gasteiger partial charge in [-0.25, -0.2) is 4.79 Å². The van der Waals surface area contributed by atoms with Crippen LogP contribution in [0, 0.1) is 6.92 Å². The van der Waals surface area contributed by atoms with Crippen molar-refractivity contribution in [1.29, 1.82) is 0 Å². The van der Waals surface area contributed by atoms with Gasteiger partial charge in [0.05, 0.1) is 5.69 Å². The van der Waals surface area contributed by atoms with Gasteiger partial charge in [0.25, 0.3) is 0 Å². The summed E-state index contributed by atoms with van der Waals surface area (Å²) in [5.41, 5.74) is 2.62. The van der Waals surface area contributed by atoms with Crippen LogP contribution in [0.1, 0.15) is 21.5 Å². The third-order valence-corrected chi connectivity index (χ3v) is 4.39. The molecular formula is C23H22N2O4. The first-order valence-electron chi connectivity index (χ1n) is 9.01. The summed E-state index contributed by atoms with van der Waals surface area (Å²) in [5, 5.41) is 15.0. The third-order valence-electron chi connectivity index (χ3n) is 4.39. The number of hydrogen-bond donors (Lipinski definition) is 1. The van der Waals surface area contributed by atoms with Gasteiger partial charge in [-0.1, -0.05) is 30.3 Å². The number of carbonyl (C=O) groups is 1. The second-order valence-corrected chi connectivity index (χ2v) is 6.45. The number of rotatable bonds is 8. The van der Waals surface area contributed by atoms with Gasteiger partial charge < -0.3 is 14.6 Å². The summed E-state index contributed by atoms with van der Waals surface area (Å²) in [5.74, 6) is 0.363. The van der Waals surface area contributed by atoms with Gasteiger partial charge in [0.15, 0.2) is 0 Å². The number of carboxylic acids is 1. The van der Waals surface area contributed by atoms with Crippen molar-refractivity contribution in [2.24, 2.45) is 5.10 Å². The molecule has 0 aliphatic heterocycles. The zero-order chi connectivity index (χ0) is 20.8. The Balaban J connectivity index is 1.78. The fourth-order valence-corrected chi connectivity index (χ4v) is 2.83. The van der Waals surface area contributed by atoms with Gasteiger partial charge in [-0.2, -0.15) is 5.10 Å². The summed E-state index contributed by atoms with van der Waals surface area (Å²) in [6.45, 7) is 5.78. The zero-order valence-electron chi connectivity index (χ0n) is 16.3. The molecule has 0 radical (unpaired) electrons. The van der Waals surface area contributed by atoms with E-state index in [-0.39, 0.29) is 11.3 Å². The number of hydrazone groups is 1. The molecule has 6 nitrogen and oxygen atoms in total. The standard InChI is InChI=1S/C23H22N2O4/c1-16-13-20(23(26)27)22(14-21(16)25(3)24-2)29-19-11-9-18(10-12-19)28-15-17-7-5-4-6-8-17/h4-14H,2,15H2,1,3H3,(H,26,27). The second kappa shape index (κ2) is 8.93. The molecule has 148 valence electrons. The molecule has 0 spiro atoms. The van der Waals surface area contributed by atoms with Gasteiger partial charge in [0, 0.05) is 19.8 Å². The highest BCUT2D eigenvalue weighted by Gasteiger charge is 2.17. The van der Waals surface area contributed by atoms with Crippen molar-refractivity contribution in [3.63, 3.8) is 0 Å². The first-order chi connectivity index (χ1) is 14.0. The summed E-state index contributed by atoms with van der Waals surface area (Å²) < 4.78 is 11.6. The lowest BCUT2D eigenvalue weighted by Gasteiger charge is -2.18. The summed E-state index contributed by atoms with van der Waals surface area (Å²) in [4.78, 5) is 11.6. The molecule has 0 atom stereocenters. The Morgan fingerprint density at radius 2 is 1.72 bits per heavy atom. The first kappa shape index (κ1) is 19.9. The second-order valence-electron chi connectivity index (χ2n) is 6.45. The lowest BCUT2D eigenvalue weighted by atomic mass is 10.1. The molecule has 0 fully saturated rings. The van der Waals surface area contributed by atoms with Gasteiger partial charge in [0.2, 0.25) is 0 Å². The molecule has 0 unspecified atom stereocenters.